The van der Waals surface area contributed by atoms with Gasteiger partial charge in [-0.2, -0.15) is 0 Å². The Kier molecular flexibility index (Phi) is 7.16. The topological polar surface area (TPSA) is 63.3 Å². The lowest BCUT2D eigenvalue weighted by molar-refractivity contribution is -0.123. The van der Waals surface area contributed by atoms with Crippen molar-refractivity contribution in [2.24, 2.45) is 0 Å². The third-order valence-corrected chi connectivity index (χ3v) is 6.56. The molecule has 0 radical (unpaired) electrons. The molecule has 182 valence electrons. The molecule has 7 heteroatoms. The number of piperazine rings is 1. The molecule has 0 spiro atoms. The largest absolute Gasteiger partial charge is 0.497 e. The molecule has 3 aromatic rings. The van der Waals surface area contributed by atoms with Crippen molar-refractivity contribution in [2.75, 3.05) is 46.6 Å². The van der Waals surface area contributed by atoms with Gasteiger partial charge < -0.3 is 19.5 Å². The lowest BCUT2D eigenvalue weighted by Gasteiger charge is -2.34. The number of ether oxygens (including phenoxy) is 3. The number of methoxy groups -OCH3 is 1. The summed E-state index contributed by atoms with van der Waals surface area (Å²) in [5.74, 6) is 2.46. The van der Waals surface area contributed by atoms with Gasteiger partial charge in [0.25, 0.3) is 0 Å². The smallest absolute Gasteiger partial charge is 0.234 e. The molecule has 0 bridgehead atoms. The summed E-state index contributed by atoms with van der Waals surface area (Å²) in [6.45, 7) is 5.10. The van der Waals surface area contributed by atoms with E-state index in [4.69, 9.17) is 14.2 Å². The number of amides is 1. The molecule has 0 saturated carbocycles. The van der Waals surface area contributed by atoms with Crippen LogP contribution in [0, 0.1) is 0 Å². The summed E-state index contributed by atoms with van der Waals surface area (Å²) >= 11 is 0. The lowest BCUT2D eigenvalue weighted by atomic mass is 9.98. The molecular formula is C28H31N3O4. The summed E-state index contributed by atoms with van der Waals surface area (Å²) in [5, 5.41) is 3.25. The molecule has 1 atom stereocenters. The second-order valence-electron chi connectivity index (χ2n) is 8.92. The second kappa shape index (κ2) is 10.8. The van der Waals surface area contributed by atoms with Gasteiger partial charge in [-0.25, -0.2) is 0 Å². The number of hydrogen-bond acceptors (Lipinski definition) is 6. The first-order valence-electron chi connectivity index (χ1n) is 12.0. The van der Waals surface area contributed by atoms with Crippen LogP contribution in [-0.2, 0) is 11.3 Å². The maximum atomic E-state index is 13.1. The first-order chi connectivity index (χ1) is 17.2. The molecule has 1 saturated heterocycles. The minimum atomic E-state index is -0.207. The van der Waals surface area contributed by atoms with Crippen molar-refractivity contribution in [2.45, 2.75) is 12.6 Å². The summed E-state index contributed by atoms with van der Waals surface area (Å²) in [7, 11) is 1.65. The zero-order valence-electron chi connectivity index (χ0n) is 20.0. The third-order valence-electron chi connectivity index (χ3n) is 6.56. The van der Waals surface area contributed by atoms with Gasteiger partial charge in [0, 0.05) is 32.7 Å². The Balaban J connectivity index is 1.16. The van der Waals surface area contributed by atoms with E-state index in [-0.39, 0.29) is 11.9 Å². The highest BCUT2D eigenvalue weighted by atomic mass is 16.7. The predicted octanol–water partition coefficient (Wildman–Crippen LogP) is 3.45. The zero-order valence-corrected chi connectivity index (χ0v) is 20.0. The molecule has 2 aliphatic heterocycles. The van der Waals surface area contributed by atoms with Gasteiger partial charge in [0.05, 0.1) is 19.7 Å². The van der Waals surface area contributed by atoms with Crippen LogP contribution >= 0.6 is 0 Å². The van der Waals surface area contributed by atoms with Crippen LogP contribution in [0.5, 0.6) is 17.2 Å². The molecule has 1 amide bonds. The first-order valence-corrected chi connectivity index (χ1v) is 12.0. The first kappa shape index (κ1) is 23.2. The number of nitrogens with zero attached hydrogens (tertiary/aromatic N) is 2. The van der Waals surface area contributed by atoms with Crippen LogP contribution in [-0.4, -0.2) is 62.3 Å². The van der Waals surface area contributed by atoms with Gasteiger partial charge in [0.15, 0.2) is 11.5 Å². The SMILES string of the molecule is COc1ccc([C@H](NC(=O)CN2CCN(Cc3ccc4c(c3)OCO4)CC2)c2ccccc2)cc1. The van der Waals surface area contributed by atoms with Crippen LogP contribution < -0.4 is 19.5 Å². The fourth-order valence-corrected chi connectivity index (χ4v) is 4.61. The predicted molar refractivity (Wildman–Crippen MR) is 134 cm³/mol. The minimum absolute atomic E-state index is 0.0268. The van der Waals surface area contributed by atoms with Crippen LogP contribution in [0.3, 0.4) is 0 Å². The summed E-state index contributed by atoms with van der Waals surface area (Å²) in [5.41, 5.74) is 3.30. The average Bonchev–Trinajstić information content (AvgIpc) is 3.37. The van der Waals surface area contributed by atoms with E-state index in [1.54, 1.807) is 7.11 Å². The van der Waals surface area contributed by atoms with Crippen molar-refractivity contribution in [1.29, 1.82) is 0 Å². The molecule has 7 nitrogen and oxygen atoms in total. The van der Waals surface area contributed by atoms with E-state index < -0.39 is 0 Å². The maximum absolute atomic E-state index is 13.1. The van der Waals surface area contributed by atoms with Crippen LogP contribution in [0.2, 0.25) is 0 Å². The molecule has 2 heterocycles. The van der Waals surface area contributed by atoms with Crippen LogP contribution in [0.1, 0.15) is 22.7 Å². The lowest BCUT2D eigenvalue weighted by Crippen LogP contribution is -2.49. The Morgan fingerprint density at radius 1 is 0.886 bits per heavy atom. The molecular weight excluding hydrogens is 442 g/mol. The van der Waals surface area contributed by atoms with E-state index in [0.29, 0.717) is 13.3 Å². The molecule has 0 aliphatic carbocycles. The van der Waals surface area contributed by atoms with Gasteiger partial charge in [-0.1, -0.05) is 48.5 Å². The Labute approximate surface area is 206 Å². The van der Waals surface area contributed by atoms with E-state index in [9.17, 15) is 4.79 Å². The molecule has 1 fully saturated rings. The number of carbonyl (C=O) groups is 1. The molecule has 5 rings (SSSR count). The van der Waals surface area contributed by atoms with E-state index in [1.165, 1.54) is 5.56 Å². The highest BCUT2D eigenvalue weighted by Gasteiger charge is 2.22. The monoisotopic (exact) mass is 473 g/mol. The average molecular weight is 474 g/mol. The van der Waals surface area contributed by atoms with Crippen LogP contribution in [0.25, 0.3) is 0 Å². The van der Waals surface area contributed by atoms with Gasteiger partial charge in [-0.15, -0.1) is 0 Å². The quantitative estimate of drug-likeness (QED) is 0.541. The van der Waals surface area contributed by atoms with Gasteiger partial charge in [-0.05, 0) is 41.0 Å². The number of benzene rings is 3. The van der Waals surface area contributed by atoms with Gasteiger partial charge in [0.2, 0.25) is 12.7 Å². The van der Waals surface area contributed by atoms with Gasteiger partial charge in [-0.3, -0.25) is 14.6 Å². The molecule has 2 aliphatic rings. The zero-order chi connectivity index (χ0) is 24.0. The molecule has 0 unspecified atom stereocenters. The van der Waals surface area contributed by atoms with Crippen molar-refractivity contribution >= 4 is 5.91 Å². The fourth-order valence-electron chi connectivity index (χ4n) is 4.61. The third kappa shape index (κ3) is 5.75. The van der Waals surface area contributed by atoms with E-state index in [0.717, 1.165) is 61.1 Å². The Morgan fingerprint density at radius 2 is 1.57 bits per heavy atom. The number of rotatable bonds is 8. The number of carbonyl (C=O) groups excluding carboxylic acids is 1. The molecule has 0 aromatic heterocycles. The highest BCUT2D eigenvalue weighted by molar-refractivity contribution is 5.79. The molecule has 35 heavy (non-hydrogen) atoms. The number of nitrogens with one attached hydrogen (secondary N) is 1. The van der Waals surface area contributed by atoms with Crippen molar-refractivity contribution in [3.05, 3.63) is 89.5 Å². The molecule has 1 N–H and O–H groups in total. The second-order valence-corrected chi connectivity index (χ2v) is 8.92. The van der Waals surface area contributed by atoms with Crippen LogP contribution in [0.15, 0.2) is 72.8 Å². The van der Waals surface area contributed by atoms with Crippen molar-refractivity contribution in [3.8, 4) is 17.2 Å². The number of hydrogen-bond donors (Lipinski definition) is 1. The minimum Gasteiger partial charge on any atom is -0.497 e. The van der Waals surface area contributed by atoms with Gasteiger partial charge in [0.1, 0.15) is 5.75 Å². The summed E-state index contributed by atoms with van der Waals surface area (Å²) < 4.78 is 16.2. The standard InChI is InChI=1S/C28H31N3O4/c1-33-24-10-8-23(9-11-24)28(22-5-3-2-4-6-22)29-27(32)19-31-15-13-30(14-16-31)18-21-7-12-25-26(17-21)35-20-34-25/h2-12,17,28H,13-16,18-20H2,1H3,(H,29,32)/t28-/m1/s1. The summed E-state index contributed by atoms with van der Waals surface area (Å²) in [6.07, 6.45) is 0. The Hall–Kier alpha value is -3.55. The van der Waals surface area contributed by atoms with E-state index >= 15 is 0 Å². The normalized spacial score (nSPS) is 16.6. The molecule has 3 aromatic carbocycles. The van der Waals surface area contributed by atoms with Crippen molar-refractivity contribution in [3.63, 3.8) is 0 Å². The number of fused-ring (bicyclic) bond motifs is 1. The van der Waals surface area contributed by atoms with Gasteiger partial charge >= 0.3 is 0 Å². The summed E-state index contributed by atoms with van der Waals surface area (Å²) in [6, 6.07) is 23.9. The maximum Gasteiger partial charge on any atom is 0.234 e. The van der Waals surface area contributed by atoms with E-state index in [1.807, 2.05) is 60.7 Å². The fraction of sp³-hybridized carbons (Fsp3) is 0.321. The highest BCUT2D eigenvalue weighted by Crippen LogP contribution is 2.33. The summed E-state index contributed by atoms with van der Waals surface area (Å²) in [4.78, 5) is 17.7. The Bertz CT molecular complexity index is 1130. The van der Waals surface area contributed by atoms with Crippen molar-refractivity contribution in [1.82, 2.24) is 15.1 Å². The van der Waals surface area contributed by atoms with Crippen LogP contribution in [0.4, 0.5) is 0 Å². The van der Waals surface area contributed by atoms with Crippen molar-refractivity contribution < 1.29 is 19.0 Å². The Morgan fingerprint density at radius 3 is 2.31 bits per heavy atom. The van der Waals surface area contributed by atoms with E-state index in [2.05, 4.69) is 27.2 Å².